The summed E-state index contributed by atoms with van der Waals surface area (Å²) in [7, 11) is 0. The summed E-state index contributed by atoms with van der Waals surface area (Å²) in [5.74, 6) is 0.848. The fourth-order valence-electron chi connectivity index (χ4n) is 2.82. The molecule has 0 nitrogen and oxygen atoms in total. The molecule has 104 valence electrons. The molecule has 0 heteroatoms. The van der Waals surface area contributed by atoms with Gasteiger partial charge < -0.3 is 0 Å². The van der Waals surface area contributed by atoms with Crippen molar-refractivity contribution in [1.82, 2.24) is 0 Å². The molecule has 1 unspecified atom stereocenters. The molecule has 1 atom stereocenters. The molecule has 0 rings (SSSR count). The maximum atomic E-state index is 2.53. The average molecular weight is 240 g/mol. The van der Waals surface area contributed by atoms with Crippen LogP contribution in [0.4, 0.5) is 0 Å². The van der Waals surface area contributed by atoms with E-state index in [2.05, 4.69) is 48.5 Å². The van der Waals surface area contributed by atoms with Gasteiger partial charge in [-0.25, -0.2) is 0 Å². The van der Waals surface area contributed by atoms with Crippen LogP contribution in [0.3, 0.4) is 0 Å². The van der Waals surface area contributed by atoms with Crippen molar-refractivity contribution in [2.45, 2.75) is 93.4 Å². The summed E-state index contributed by atoms with van der Waals surface area (Å²) < 4.78 is 0. The van der Waals surface area contributed by atoms with Gasteiger partial charge >= 0.3 is 0 Å². The van der Waals surface area contributed by atoms with Gasteiger partial charge in [0.15, 0.2) is 0 Å². The second-order valence-electron chi connectivity index (χ2n) is 7.54. The highest BCUT2D eigenvalue weighted by atomic mass is 14.4. The van der Waals surface area contributed by atoms with Crippen LogP contribution in [-0.2, 0) is 0 Å². The summed E-state index contributed by atoms with van der Waals surface area (Å²) in [5, 5.41) is 0. The van der Waals surface area contributed by atoms with E-state index in [0.29, 0.717) is 10.8 Å². The second kappa shape index (κ2) is 7.44. The lowest BCUT2D eigenvalue weighted by molar-refractivity contribution is 0.136. The van der Waals surface area contributed by atoms with E-state index >= 15 is 0 Å². The molecule has 0 bridgehead atoms. The minimum absolute atomic E-state index is 0.513. The average Bonchev–Trinajstić information content (AvgIpc) is 2.23. The summed E-state index contributed by atoms with van der Waals surface area (Å²) >= 11 is 0. The monoisotopic (exact) mass is 240 g/mol. The first-order valence-electron chi connectivity index (χ1n) is 7.74. The summed E-state index contributed by atoms with van der Waals surface area (Å²) in [6.07, 6.45) is 9.64. The first kappa shape index (κ1) is 17.0. The molecule has 0 saturated carbocycles. The number of unbranched alkanes of at least 4 members (excludes halogenated alkanes) is 1. The Morgan fingerprint density at radius 3 is 1.94 bits per heavy atom. The van der Waals surface area contributed by atoms with E-state index < -0.39 is 0 Å². The van der Waals surface area contributed by atoms with E-state index in [1.165, 1.54) is 44.9 Å². The van der Waals surface area contributed by atoms with Crippen molar-refractivity contribution in [2.24, 2.45) is 16.7 Å². The van der Waals surface area contributed by atoms with Gasteiger partial charge in [-0.3, -0.25) is 0 Å². The molecule has 17 heavy (non-hydrogen) atoms. The van der Waals surface area contributed by atoms with E-state index in [9.17, 15) is 0 Å². The molecule has 0 N–H and O–H groups in total. The molecule has 0 aliphatic carbocycles. The lowest BCUT2D eigenvalue weighted by atomic mass is 9.68. The fourth-order valence-corrected chi connectivity index (χ4v) is 2.82. The predicted molar refractivity (Wildman–Crippen MR) is 80.4 cm³/mol. The molecule has 0 saturated heterocycles. The molecule has 0 spiro atoms. The third-order valence-corrected chi connectivity index (χ3v) is 4.32. The van der Waals surface area contributed by atoms with Gasteiger partial charge in [-0.2, -0.15) is 0 Å². The van der Waals surface area contributed by atoms with E-state index in [-0.39, 0.29) is 0 Å². The maximum absolute atomic E-state index is 2.53. The van der Waals surface area contributed by atoms with Gasteiger partial charge in [0.25, 0.3) is 0 Å². The molecule has 0 aliphatic rings. The number of hydrogen-bond donors (Lipinski definition) is 0. The highest BCUT2D eigenvalue weighted by molar-refractivity contribution is 4.82. The van der Waals surface area contributed by atoms with Crippen molar-refractivity contribution < 1.29 is 0 Å². The van der Waals surface area contributed by atoms with Gasteiger partial charge in [-0.1, -0.05) is 74.1 Å². The first-order chi connectivity index (χ1) is 7.74. The van der Waals surface area contributed by atoms with Crippen LogP contribution in [0, 0.1) is 16.7 Å². The molecule has 0 radical (unpaired) electrons. The van der Waals surface area contributed by atoms with Gasteiger partial charge in [0.05, 0.1) is 0 Å². The molecule has 0 fully saturated rings. The third kappa shape index (κ3) is 7.84. The quantitative estimate of drug-likeness (QED) is 0.434. The first-order valence-corrected chi connectivity index (χ1v) is 7.74. The van der Waals surface area contributed by atoms with Crippen molar-refractivity contribution >= 4 is 0 Å². The zero-order chi connectivity index (χ0) is 13.5. The van der Waals surface area contributed by atoms with Crippen LogP contribution in [0.2, 0.25) is 0 Å². The van der Waals surface area contributed by atoms with E-state index in [1.54, 1.807) is 0 Å². The van der Waals surface area contributed by atoms with Crippen molar-refractivity contribution in [3.8, 4) is 0 Å². The molecule has 0 aromatic carbocycles. The van der Waals surface area contributed by atoms with Crippen LogP contribution in [0.5, 0.6) is 0 Å². The van der Waals surface area contributed by atoms with Crippen LogP contribution >= 0.6 is 0 Å². The Kier molecular flexibility index (Phi) is 7.44. The Morgan fingerprint density at radius 2 is 1.53 bits per heavy atom. The highest BCUT2D eigenvalue weighted by Gasteiger charge is 2.30. The van der Waals surface area contributed by atoms with Crippen molar-refractivity contribution in [3.63, 3.8) is 0 Å². The number of rotatable bonds is 9. The Bertz CT molecular complexity index is 190. The molecule has 0 amide bonds. The minimum atomic E-state index is 0.513. The van der Waals surface area contributed by atoms with Gasteiger partial charge in [0.1, 0.15) is 0 Å². The second-order valence-corrected chi connectivity index (χ2v) is 7.54. The highest BCUT2D eigenvalue weighted by Crippen LogP contribution is 2.43. The molecular formula is C17H36. The van der Waals surface area contributed by atoms with E-state index in [4.69, 9.17) is 0 Å². The van der Waals surface area contributed by atoms with Crippen molar-refractivity contribution in [2.75, 3.05) is 0 Å². The predicted octanol–water partition coefficient (Wildman–Crippen LogP) is 6.45. The van der Waals surface area contributed by atoms with Crippen LogP contribution in [0.25, 0.3) is 0 Å². The van der Waals surface area contributed by atoms with Crippen LogP contribution in [-0.4, -0.2) is 0 Å². The SMILES string of the molecule is CCCCC(C)(CCC(C)C)CC(C)(C)CC. The van der Waals surface area contributed by atoms with Crippen LogP contribution in [0.15, 0.2) is 0 Å². The Morgan fingerprint density at radius 1 is 0.941 bits per heavy atom. The van der Waals surface area contributed by atoms with Gasteiger partial charge in [-0.05, 0) is 36.0 Å². The van der Waals surface area contributed by atoms with Gasteiger partial charge in [-0.15, -0.1) is 0 Å². The molecular weight excluding hydrogens is 204 g/mol. The topological polar surface area (TPSA) is 0 Å². The Balaban J connectivity index is 4.48. The van der Waals surface area contributed by atoms with Crippen molar-refractivity contribution in [3.05, 3.63) is 0 Å². The number of hydrogen-bond acceptors (Lipinski definition) is 0. The lowest BCUT2D eigenvalue weighted by Gasteiger charge is -2.38. The molecule has 0 aromatic rings. The smallest absolute Gasteiger partial charge is 0.0321 e. The standard InChI is InChI=1S/C17H36/c1-8-10-12-17(7,13-11-15(3)4)14-16(5,6)9-2/h15H,8-14H2,1-7H3. The largest absolute Gasteiger partial charge is 0.0654 e. The molecule has 0 aromatic heterocycles. The van der Waals surface area contributed by atoms with E-state index in [1.807, 2.05) is 0 Å². The summed E-state index contributed by atoms with van der Waals surface area (Å²) in [5.41, 5.74) is 1.08. The zero-order valence-electron chi connectivity index (χ0n) is 13.5. The Hall–Kier alpha value is 0. The Labute approximate surface area is 111 Å². The van der Waals surface area contributed by atoms with Crippen LogP contribution < -0.4 is 0 Å². The summed E-state index contributed by atoms with van der Waals surface area (Å²) in [6, 6.07) is 0. The zero-order valence-corrected chi connectivity index (χ0v) is 13.5. The lowest BCUT2D eigenvalue weighted by Crippen LogP contribution is -2.26. The summed E-state index contributed by atoms with van der Waals surface area (Å²) in [6.45, 7) is 16.8. The van der Waals surface area contributed by atoms with Crippen molar-refractivity contribution in [1.29, 1.82) is 0 Å². The van der Waals surface area contributed by atoms with Gasteiger partial charge in [0, 0.05) is 0 Å². The summed E-state index contributed by atoms with van der Waals surface area (Å²) in [4.78, 5) is 0. The van der Waals surface area contributed by atoms with Crippen LogP contribution in [0.1, 0.15) is 93.4 Å². The third-order valence-electron chi connectivity index (χ3n) is 4.32. The molecule has 0 aliphatic heterocycles. The minimum Gasteiger partial charge on any atom is -0.0654 e. The maximum Gasteiger partial charge on any atom is -0.0321 e. The fraction of sp³-hybridized carbons (Fsp3) is 1.00. The van der Waals surface area contributed by atoms with E-state index in [0.717, 1.165) is 5.92 Å². The molecule has 0 heterocycles. The van der Waals surface area contributed by atoms with Gasteiger partial charge in [0.2, 0.25) is 0 Å². The normalized spacial score (nSPS) is 16.2.